The van der Waals surface area contributed by atoms with Crippen LogP contribution in [0.4, 0.5) is 4.79 Å². The highest BCUT2D eigenvalue weighted by Gasteiger charge is 2.30. The number of ether oxygens (including phenoxy) is 1. The number of aromatic nitrogens is 3. The number of piperidine rings is 1. The summed E-state index contributed by atoms with van der Waals surface area (Å²) in [7, 11) is 1.86. The molecule has 1 aliphatic heterocycles. The lowest BCUT2D eigenvalue weighted by Crippen LogP contribution is -2.47. The minimum atomic E-state index is -0.446. The number of hydrogen-bond acceptors (Lipinski definition) is 5. The molecule has 1 aromatic heterocycles. The first-order valence-electron chi connectivity index (χ1n) is 8.30. The smallest absolute Gasteiger partial charge is 0.410 e. The summed E-state index contributed by atoms with van der Waals surface area (Å²) in [5, 5.41) is 7.74. The van der Waals surface area contributed by atoms with Gasteiger partial charge in [-0.3, -0.25) is 4.68 Å². The van der Waals surface area contributed by atoms with Crippen LogP contribution in [0.15, 0.2) is 6.33 Å². The van der Waals surface area contributed by atoms with Crippen molar-refractivity contribution in [1.29, 1.82) is 0 Å². The van der Waals surface area contributed by atoms with Gasteiger partial charge >= 0.3 is 6.09 Å². The first kappa shape index (κ1) is 17.7. The lowest BCUT2D eigenvalue weighted by molar-refractivity contribution is 0.0148. The predicted molar refractivity (Wildman–Crippen MR) is 87.8 cm³/mol. The van der Waals surface area contributed by atoms with Crippen LogP contribution in [0, 0.1) is 5.92 Å². The Morgan fingerprint density at radius 3 is 2.87 bits per heavy atom. The van der Waals surface area contributed by atoms with Crippen LogP contribution in [0.1, 0.15) is 46.4 Å². The Hall–Kier alpha value is -1.63. The number of aryl methyl sites for hydroxylation is 1. The number of carbonyl (C=O) groups is 1. The maximum atomic E-state index is 12.2. The molecule has 0 aliphatic carbocycles. The Morgan fingerprint density at radius 2 is 2.26 bits per heavy atom. The SMILES string of the molecule is CC(NCc1ncn(C)n1)C1CCCN(C(=O)OC(C)(C)C)C1. The number of carbonyl (C=O) groups excluding carboxylic acids is 1. The topological polar surface area (TPSA) is 72.3 Å². The monoisotopic (exact) mass is 323 g/mol. The summed E-state index contributed by atoms with van der Waals surface area (Å²) in [5.74, 6) is 1.21. The zero-order valence-electron chi connectivity index (χ0n) is 14.9. The Balaban J connectivity index is 1.83. The van der Waals surface area contributed by atoms with Crippen molar-refractivity contribution in [3.63, 3.8) is 0 Å². The summed E-state index contributed by atoms with van der Waals surface area (Å²) in [6.45, 7) is 10.0. The van der Waals surface area contributed by atoms with Crippen molar-refractivity contribution in [1.82, 2.24) is 25.0 Å². The van der Waals surface area contributed by atoms with Crippen LogP contribution in [-0.4, -0.2) is 50.5 Å². The highest BCUT2D eigenvalue weighted by atomic mass is 16.6. The van der Waals surface area contributed by atoms with Crippen molar-refractivity contribution in [3.05, 3.63) is 12.2 Å². The quantitative estimate of drug-likeness (QED) is 0.917. The third kappa shape index (κ3) is 5.49. The van der Waals surface area contributed by atoms with Gasteiger partial charge in [0.1, 0.15) is 11.9 Å². The molecule has 0 spiro atoms. The minimum absolute atomic E-state index is 0.208. The van der Waals surface area contributed by atoms with Gasteiger partial charge < -0.3 is 15.0 Å². The van der Waals surface area contributed by atoms with E-state index in [1.54, 1.807) is 11.0 Å². The lowest BCUT2D eigenvalue weighted by Gasteiger charge is -2.36. The van der Waals surface area contributed by atoms with Crippen molar-refractivity contribution in [3.8, 4) is 0 Å². The Kier molecular flexibility index (Phi) is 5.62. The minimum Gasteiger partial charge on any atom is -0.444 e. The number of nitrogens with one attached hydrogen (secondary N) is 1. The van der Waals surface area contributed by atoms with Crippen LogP contribution in [0.25, 0.3) is 0 Å². The number of hydrogen-bond donors (Lipinski definition) is 1. The largest absolute Gasteiger partial charge is 0.444 e. The summed E-state index contributed by atoms with van der Waals surface area (Å²) in [6, 6.07) is 0.295. The number of amides is 1. The second kappa shape index (κ2) is 7.29. The molecular weight excluding hydrogens is 294 g/mol. The molecule has 1 saturated heterocycles. The molecule has 1 N–H and O–H groups in total. The molecule has 2 heterocycles. The summed E-state index contributed by atoms with van der Waals surface area (Å²) >= 11 is 0. The van der Waals surface area contributed by atoms with Crippen molar-refractivity contribution < 1.29 is 9.53 Å². The zero-order chi connectivity index (χ0) is 17.0. The molecule has 2 rings (SSSR count). The van der Waals surface area contributed by atoms with Crippen molar-refractivity contribution in [2.45, 2.75) is 58.7 Å². The van der Waals surface area contributed by atoms with Crippen LogP contribution in [0.5, 0.6) is 0 Å². The molecule has 0 saturated carbocycles. The van der Waals surface area contributed by atoms with E-state index in [0.717, 1.165) is 31.8 Å². The van der Waals surface area contributed by atoms with Gasteiger partial charge in [0.05, 0.1) is 6.54 Å². The third-order valence-electron chi connectivity index (χ3n) is 4.05. The molecule has 2 atom stereocenters. The van der Waals surface area contributed by atoms with E-state index in [1.807, 2.05) is 32.7 Å². The Morgan fingerprint density at radius 1 is 1.52 bits per heavy atom. The molecule has 23 heavy (non-hydrogen) atoms. The molecule has 1 amide bonds. The van der Waals surface area contributed by atoms with Crippen molar-refractivity contribution in [2.75, 3.05) is 13.1 Å². The van der Waals surface area contributed by atoms with Gasteiger partial charge in [-0.1, -0.05) is 0 Å². The van der Waals surface area contributed by atoms with E-state index >= 15 is 0 Å². The average Bonchev–Trinajstić information content (AvgIpc) is 2.89. The van der Waals surface area contributed by atoms with E-state index in [0.29, 0.717) is 18.5 Å². The summed E-state index contributed by atoms with van der Waals surface area (Å²) in [5.41, 5.74) is -0.446. The standard InChI is InChI=1S/C16H29N5O2/c1-12(17-9-14-18-11-20(5)19-14)13-7-6-8-21(10-13)15(22)23-16(2,3)4/h11-13,17H,6-10H2,1-5H3. The Labute approximate surface area is 138 Å². The van der Waals surface area contributed by atoms with E-state index in [4.69, 9.17) is 4.74 Å². The predicted octanol–water partition coefficient (Wildman–Crippen LogP) is 1.94. The van der Waals surface area contributed by atoms with Gasteiger partial charge in [-0.15, -0.1) is 0 Å². The van der Waals surface area contributed by atoms with Crippen LogP contribution >= 0.6 is 0 Å². The summed E-state index contributed by atoms with van der Waals surface area (Å²) in [6.07, 6.45) is 3.62. The summed E-state index contributed by atoms with van der Waals surface area (Å²) in [4.78, 5) is 18.3. The number of nitrogens with zero attached hydrogens (tertiary/aromatic N) is 4. The maximum absolute atomic E-state index is 12.2. The van der Waals surface area contributed by atoms with Gasteiger partial charge in [0.2, 0.25) is 0 Å². The highest BCUT2D eigenvalue weighted by Crippen LogP contribution is 2.22. The molecule has 2 unspecified atom stereocenters. The normalized spacial score (nSPS) is 20.4. The Bertz CT molecular complexity index is 523. The van der Waals surface area contributed by atoms with E-state index in [-0.39, 0.29) is 6.09 Å². The second-order valence-electron chi connectivity index (χ2n) is 7.33. The molecule has 1 aromatic rings. The molecule has 0 bridgehead atoms. The van der Waals surface area contributed by atoms with E-state index in [1.165, 1.54) is 0 Å². The lowest BCUT2D eigenvalue weighted by atomic mass is 9.92. The van der Waals surface area contributed by atoms with Gasteiger partial charge in [-0.05, 0) is 46.5 Å². The average molecular weight is 323 g/mol. The molecule has 1 aliphatic rings. The van der Waals surface area contributed by atoms with Crippen molar-refractivity contribution >= 4 is 6.09 Å². The highest BCUT2D eigenvalue weighted by molar-refractivity contribution is 5.68. The van der Waals surface area contributed by atoms with Gasteiger partial charge in [0.25, 0.3) is 0 Å². The number of rotatable bonds is 4. The molecular formula is C16H29N5O2. The van der Waals surface area contributed by atoms with E-state index < -0.39 is 5.60 Å². The molecule has 1 fully saturated rings. The van der Waals surface area contributed by atoms with Gasteiger partial charge in [0.15, 0.2) is 5.82 Å². The van der Waals surface area contributed by atoms with Gasteiger partial charge in [-0.2, -0.15) is 5.10 Å². The second-order valence-corrected chi connectivity index (χ2v) is 7.33. The number of likely N-dealkylation sites (tertiary alicyclic amines) is 1. The fourth-order valence-corrected chi connectivity index (χ4v) is 2.79. The van der Waals surface area contributed by atoms with Crippen LogP contribution in [0.3, 0.4) is 0 Å². The maximum Gasteiger partial charge on any atom is 0.410 e. The van der Waals surface area contributed by atoms with Gasteiger partial charge in [-0.25, -0.2) is 9.78 Å². The van der Waals surface area contributed by atoms with Crippen LogP contribution < -0.4 is 5.32 Å². The third-order valence-corrected chi connectivity index (χ3v) is 4.05. The van der Waals surface area contributed by atoms with Crippen molar-refractivity contribution in [2.24, 2.45) is 13.0 Å². The zero-order valence-corrected chi connectivity index (χ0v) is 14.9. The van der Waals surface area contributed by atoms with Crippen LogP contribution in [-0.2, 0) is 18.3 Å². The van der Waals surface area contributed by atoms with Crippen LogP contribution in [0.2, 0.25) is 0 Å². The fraction of sp³-hybridized carbons (Fsp3) is 0.812. The molecule has 7 heteroatoms. The van der Waals surface area contributed by atoms with Gasteiger partial charge in [0, 0.05) is 26.2 Å². The van der Waals surface area contributed by atoms with E-state index in [2.05, 4.69) is 22.3 Å². The van der Waals surface area contributed by atoms with E-state index in [9.17, 15) is 4.79 Å². The first-order chi connectivity index (χ1) is 10.7. The molecule has 130 valence electrons. The molecule has 7 nitrogen and oxygen atoms in total. The first-order valence-corrected chi connectivity index (χ1v) is 8.30. The fourth-order valence-electron chi connectivity index (χ4n) is 2.79. The summed E-state index contributed by atoms with van der Waals surface area (Å²) < 4.78 is 7.18. The molecule has 0 radical (unpaired) electrons. The molecule has 0 aromatic carbocycles.